The number of hydrogen-bond acceptors (Lipinski definition) is 2. The fourth-order valence-corrected chi connectivity index (χ4v) is 1.58. The molecule has 0 saturated carbocycles. The Morgan fingerprint density at radius 3 is 2.38 bits per heavy atom. The minimum absolute atomic E-state index is 0.0533. The summed E-state index contributed by atoms with van der Waals surface area (Å²) in [5.41, 5.74) is 1.27. The second-order valence-corrected chi connectivity index (χ2v) is 3.31. The fourth-order valence-electron chi connectivity index (χ4n) is 1.58. The van der Waals surface area contributed by atoms with Crippen molar-refractivity contribution in [2.24, 2.45) is 0 Å². The molecule has 0 spiro atoms. The maximum atomic E-state index is 5.45. The SMILES string of the molecule is C[C@H](c1ccccc1)C1OCCO1. The van der Waals surface area contributed by atoms with E-state index >= 15 is 0 Å². The molecule has 1 aliphatic rings. The van der Waals surface area contributed by atoms with Crippen molar-refractivity contribution in [3.63, 3.8) is 0 Å². The molecule has 0 N–H and O–H groups in total. The van der Waals surface area contributed by atoms with Crippen molar-refractivity contribution in [2.45, 2.75) is 19.1 Å². The van der Waals surface area contributed by atoms with Crippen LogP contribution in [0.5, 0.6) is 0 Å². The van der Waals surface area contributed by atoms with Crippen LogP contribution in [-0.2, 0) is 9.47 Å². The van der Waals surface area contributed by atoms with E-state index in [4.69, 9.17) is 9.47 Å². The maximum Gasteiger partial charge on any atom is 0.164 e. The lowest BCUT2D eigenvalue weighted by molar-refractivity contribution is -0.0570. The van der Waals surface area contributed by atoms with Crippen LogP contribution in [0.25, 0.3) is 0 Å². The predicted molar refractivity (Wildman–Crippen MR) is 50.5 cm³/mol. The van der Waals surface area contributed by atoms with Crippen molar-refractivity contribution in [1.82, 2.24) is 0 Å². The molecule has 2 heteroatoms. The summed E-state index contributed by atoms with van der Waals surface area (Å²) in [6, 6.07) is 10.3. The molecule has 1 atom stereocenters. The van der Waals surface area contributed by atoms with Crippen molar-refractivity contribution in [1.29, 1.82) is 0 Å². The van der Waals surface area contributed by atoms with Crippen LogP contribution in [0.3, 0.4) is 0 Å². The molecule has 0 aliphatic carbocycles. The molecule has 1 saturated heterocycles. The first-order chi connectivity index (χ1) is 6.38. The summed E-state index contributed by atoms with van der Waals surface area (Å²) < 4.78 is 10.9. The Morgan fingerprint density at radius 2 is 1.77 bits per heavy atom. The molecule has 1 aromatic carbocycles. The number of ether oxygens (including phenoxy) is 2. The molecule has 1 aliphatic heterocycles. The van der Waals surface area contributed by atoms with Gasteiger partial charge in [-0.25, -0.2) is 0 Å². The fraction of sp³-hybridized carbons (Fsp3) is 0.455. The van der Waals surface area contributed by atoms with Gasteiger partial charge in [0.1, 0.15) is 0 Å². The molecule has 1 fully saturated rings. The van der Waals surface area contributed by atoms with Crippen molar-refractivity contribution < 1.29 is 9.47 Å². The van der Waals surface area contributed by atoms with Crippen molar-refractivity contribution in [2.75, 3.05) is 13.2 Å². The molecular formula is C11H14O2. The minimum atomic E-state index is -0.0533. The third kappa shape index (κ3) is 1.90. The maximum absolute atomic E-state index is 5.45. The lowest BCUT2D eigenvalue weighted by Crippen LogP contribution is -2.16. The lowest BCUT2D eigenvalue weighted by atomic mass is 10.0. The molecule has 0 aromatic heterocycles. The molecule has 0 radical (unpaired) electrons. The second-order valence-electron chi connectivity index (χ2n) is 3.31. The van der Waals surface area contributed by atoms with Gasteiger partial charge in [-0.15, -0.1) is 0 Å². The molecule has 2 rings (SSSR count). The molecule has 1 heterocycles. The predicted octanol–water partition coefficient (Wildman–Crippen LogP) is 2.16. The van der Waals surface area contributed by atoms with Gasteiger partial charge in [0.25, 0.3) is 0 Å². The Labute approximate surface area is 78.5 Å². The van der Waals surface area contributed by atoms with Crippen molar-refractivity contribution >= 4 is 0 Å². The average Bonchev–Trinajstić information content (AvgIpc) is 2.71. The average molecular weight is 178 g/mol. The monoisotopic (exact) mass is 178 g/mol. The van der Waals surface area contributed by atoms with E-state index in [1.807, 2.05) is 18.2 Å². The Kier molecular flexibility index (Phi) is 2.62. The normalized spacial score (nSPS) is 20.4. The van der Waals surface area contributed by atoms with Gasteiger partial charge in [0, 0.05) is 5.92 Å². The first-order valence-electron chi connectivity index (χ1n) is 4.66. The van der Waals surface area contributed by atoms with Gasteiger partial charge in [0.15, 0.2) is 6.29 Å². The minimum Gasteiger partial charge on any atom is -0.350 e. The smallest absolute Gasteiger partial charge is 0.164 e. The highest BCUT2D eigenvalue weighted by Gasteiger charge is 2.23. The Hall–Kier alpha value is -0.860. The third-order valence-electron chi connectivity index (χ3n) is 2.38. The number of benzene rings is 1. The Balaban J connectivity index is 2.08. The van der Waals surface area contributed by atoms with E-state index in [1.165, 1.54) is 5.56 Å². The zero-order valence-corrected chi connectivity index (χ0v) is 7.77. The van der Waals surface area contributed by atoms with Gasteiger partial charge in [-0.2, -0.15) is 0 Å². The highest BCUT2D eigenvalue weighted by molar-refractivity contribution is 5.19. The molecule has 70 valence electrons. The zero-order valence-electron chi connectivity index (χ0n) is 7.77. The van der Waals surface area contributed by atoms with Crippen LogP contribution in [0.1, 0.15) is 18.4 Å². The summed E-state index contributed by atoms with van der Waals surface area (Å²) in [6.07, 6.45) is -0.0533. The molecule has 0 bridgehead atoms. The van der Waals surface area contributed by atoms with Crippen LogP contribution in [0.4, 0.5) is 0 Å². The zero-order chi connectivity index (χ0) is 9.10. The van der Waals surface area contributed by atoms with E-state index in [-0.39, 0.29) is 6.29 Å². The van der Waals surface area contributed by atoms with Crippen LogP contribution in [0, 0.1) is 0 Å². The summed E-state index contributed by atoms with van der Waals surface area (Å²) in [5.74, 6) is 0.323. The van der Waals surface area contributed by atoms with E-state index in [2.05, 4.69) is 19.1 Å². The van der Waals surface area contributed by atoms with Crippen molar-refractivity contribution in [3.8, 4) is 0 Å². The van der Waals surface area contributed by atoms with Gasteiger partial charge in [-0.3, -0.25) is 0 Å². The number of hydrogen-bond donors (Lipinski definition) is 0. The summed E-state index contributed by atoms with van der Waals surface area (Å²) in [6.45, 7) is 3.58. The first kappa shape index (κ1) is 8.73. The van der Waals surface area contributed by atoms with E-state index in [0.29, 0.717) is 5.92 Å². The molecule has 0 amide bonds. The quantitative estimate of drug-likeness (QED) is 0.691. The van der Waals surface area contributed by atoms with E-state index in [0.717, 1.165) is 13.2 Å². The Morgan fingerprint density at radius 1 is 1.15 bits per heavy atom. The molecular weight excluding hydrogens is 164 g/mol. The molecule has 1 aromatic rings. The van der Waals surface area contributed by atoms with Crippen LogP contribution in [0.2, 0.25) is 0 Å². The van der Waals surface area contributed by atoms with Crippen LogP contribution >= 0.6 is 0 Å². The standard InChI is InChI=1S/C11H14O2/c1-9(11-12-7-8-13-11)10-5-3-2-4-6-10/h2-6,9,11H,7-8H2,1H3/t9-/m1/s1. The largest absolute Gasteiger partial charge is 0.350 e. The Bertz CT molecular complexity index is 252. The third-order valence-corrected chi connectivity index (χ3v) is 2.38. The van der Waals surface area contributed by atoms with Gasteiger partial charge in [0.2, 0.25) is 0 Å². The van der Waals surface area contributed by atoms with Crippen LogP contribution in [0.15, 0.2) is 30.3 Å². The highest BCUT2D eigenvalue weighted by atomic mass is 16.7. The summed E-state index contributed by atoms with van der Waals surface area (Å²) >= 11 is 0. The van der Waals surface area contributed by atoms with E-state index < -0.39 is 0 Å². The molecule has 13 heavy (non-hydrogen) atoms. The van der Waals surface area contributed by atoms with Crippen LogP contribution < -0.4 is 0 Å². The first-order valence-corrected chi connectivity index (χ1v) is 4.66. The summed E-state index contributed by atoms with van der Waals surface area (Å²) in [7, 11) is 0. The van der Waals surface area contributed by atoms with Crippen molar-refractivity contribution in [3.05, 3.63) is 35.9 Å². The van der Waals surface area contributed by atoms with Gasteiger partial charge in [-0.05, 0) is 5.56 Å². The van der Waals surface area contributed by atoms with E-state index in [9.17, 15) is 0 Å². The number of rotatable bonds is 2. The molecule has 0 unspecified atom stereocenters. The molecule has 2 nitrogen and oxygen atoms in total. The van der Waals surface area contributed by atoms with Crippen LogP contribution in [-0.4, -0.2) is 19.5 Å². The van der Waals surface area contributed by atoms with Gasteiger partial charge >= 0.3 is 0 Å². The lowest BCUT2D eigenvalue weighted by Gasteiger charge is -2.17. The topological polar surface area (TPSA) is 18.5 Å². The summed E-state index contributed by atoms with van der Waals surface area (Å²) in [5, 5.41) is 0. The van der Waals surface area contributed by atoms with Gasteiger partial charge in [-0.1, -0.05) is 37.3 Å². The summed E-state index contributed by atoms with van der Waals surface area (Å²) in [4.78, 5) is 0. The van der Waals surface area contributed by atoms with Gasteiger partial charge < -0.3 is 9.47 Å². The highest BCUT2D eigenvalue weighted by Crippen LogP contribution is 2.24. The second kappa shape index (κ2) is 3.90. The van der Waals surface area contributed by atoms with Gasteiger partial charge in [0.05, 0.1) is 13.2 Å². The van der Waals surface area contributed by atoms with E-state index in [1.54, 1.807) is 0 Å².